The van der Waals surface area contributed by atoms with Gasteiger partial charge in [-0.1, -0.05) is 36.4 Å². The molecule has 2 aliphatic rings. The summed E-state index contributed by atoms with van der Waals surface area (Å²) in [6, 6.07) is 15.0. The Labute approximate surface area is 140 Å². The molecule has 1 heterocycles. The first kappa shape index (κ1) is 14.8. The van der Waals surface area contributed by atoms with E-state index in [-0.39, 0.29) is 24.4 Å². The Balaban J connectivity index is 1.67. The van der Waals surface area contributed by atoms with Gasteiger partial charge >= 0.3 is 0 Å². The highest BCUT2D eigenvalue weighted by atomic mass is 19.1. The Morgan fingerprint density at radius 3 is 2.83 bits per heavy atom. The summed E-state index contributed by atoms with van der Waals surface area (Å²) in [7, 11) is 0. The Hall–Kier alpha value is -2.80. The fraction of sp³-hybridized carbons (Fsp3) is 0.250. The van der Waals surface area contributed by atoms with E-state index in [0.717, 1.165) is 17.5 Å². The average molecular weight is 320 g/mol. The minimum absolute atomic E-state index is 0.0359. The Kier molecular flexibility index (Phi) is 3.70. The van der Waals surface area contributed by atoms with Gasteiger partial charge < -0.3 is 10.1 Å². The van der Waals surface area contributed by atoms with E-state index in [2.05, 4.69) is 17.5 Å². The molecule has 4 heteroatoms. The van der Waals surface area contributed by atoms with Crippen LogP contribution in [-0.4, -0.2) is 6.61 Å². The highest BCUT2D eigenvalue weighted by Gasteiger charge is 2.38. The number of nitriles is 1. The van der Waals surface area contributed by atoms with Gasteiger partial charge in [0.05, 0.1) is 11.7 Å². The number of anilines is 1. The molecule has 24 heavy (non-hydrogen) atoms. The van der Waals surface area contributed by atoms with Crippen molar-refractivity contribution in [3.63, 3.8) is 0 Å². The van der Waals surface area contributed by atoms with Crippen molar-refractivity contribution in [3.05, 3.63) is 71.6 Å². The molecule has 3 nitrogen and oxygen atoms in total. The minimum atomic E-state index is -0.203. The van der Waals surface area contributed by atoms with E-state index in [1.165, 1.54) is 6.07 Å². The summed E-state index contributed by atoms with van der Waals surface area (Å²) in [4.78, 5) is 0. The zero-order valence-corrected chi connectivity index (χ0v) is 13.1. The van der Waals surface area contributed by atoms with E-state index in [1.807, 2.05) is 36.4 Å². The summed E-state index contributed by atoms with van der Waals surface area (Å²) in [6.45, 7) is 0.0359. The zero-order valence-electron chi connectivity index (χ0n) is 13.1. The van der Waals surface area contributed by atoms with Crippen LogP contribution in [-0.2, 0) is 0 Å². The lowest BCUT2D eigenvalue weighted by Crippen LogP contribution is -2.29. The fourth-order valence-electron chi connectivity index (χ4n) is 3.80. The van der Waals surface area contributed by atoms with Crippen LogP contribution in [0, 0.1) is 23.1 Å². The van der Waals surface area contributed by atoms with E-state index in [4.69, 9.17) is 10.00 Å². The van der Waals surface area contributed by atoms with Crippen molar-refractivity contribution in [1.82, 2.24) is 0 Å². The molecular weight excluding hydrogens is 303 g/mol. The molecule has 1 aliphatic heterocycles. The molecule has 0 bridgehead atoms. The second-order valence-corrected chi connectivity index (χ2v) is 6.20. The van der Waals surface area contributed by atoms with Gasteiger partial charge in [-0.05, 0) is 41.7 Å². The van der Waals surface area contributed by atoms with E-state index in [9.17, 15) is 4.39 Å². The van der Waals surface area contributed by atoms with Gasteiger partial charge in [0.25, 0.3) is 0 Å². The first-order chi connectivity index (χ1) is 11.8. The van der Waals surface area contributed by atoms with Crippen LogP contribution < -0.4 is 10.1 Å². The van der Waals surface area contributed by atoms with E-state index < -0.39 is 0 Å². The van der Waals surface area contributed by atoms with Gasteiger partial charge in [0, 0.05) is 5.92 Å². The monoisotopic (exact) mass is 320 g/mol. The van der Waals surface area contributed by atoms with Crippen molar-refractivity contribution >= 4 is 5.69 Å². The molecule has 1 N–H and O–H groups in total. The van der Waals surface area contributed by atoms with Crippen molar-refractivity contribution in [2.45, 2.75) is 18.4 Å². The Morgan fingerprint density at radius 1 is 1.21 bits per heavy atom. The van der Waals surface area contributed by atoms with Crippen LogP contribution in [0.2, 0.25) is 0 Å². The van der Waals surface area contributed by atoms with E-state index in [1.54, 1.807) is 6.07 Å². The number of para-hydroxylation sites is 1. The summed E-state index contributed by atoms with van der Waals surface area (Å²) in [5.41, 5.74) is 2.76. The minimum Gasteiger partial charge on any atom is -0.479 e. The number of nitrogens with one attached hydrogen (secondary N) is 1. The maximum absolute atomic E-state index is 14.3. The van der Waals surface area contributed by atoms with Gasteiger partial charge in [-0.3, -0.25) is 0 Å². The van der Waals surface area contributed by atoms with Gasteiger partial charge in [-0.2, -0.15) is 5.26 Å². The van der Waals surface area contributed by atoms with Gasteiger partial charge in [-0.15, -0.1) is 0 Å². The van der Waals surface area contributed by atoms with Crippen LogP contribution in [0.4, 0.5) is 10.1 Å². The topological polar surface area (TPSA) is 45.0 Å². The number of rotatable bonds is 3. The first-order valence-electron chi connectivity index (χ1n) is 8.09. The van der Waals surface area contributed by atoms with E-state index in [0.29, 0.717) is 17.4 Å². The predicted molar refractivity (Wildman–Crippen MR) is 90.3 cm³/mol. The summed E-state index contributed by atoms with van der Waals surface area (Å²) < 4.78 is 19.6. The smallest absolute Gasteiger partial charge is 0.174 e. The lowest BCUT2D eigenvalue weighted by atomic mass is 9.77. The van der Waals surface area contributed by atoms with Gasteiger partial charge in [-0.25, -0.2) is 4.39 Å². The lowest BCUT2D eigenvalue weighted by Gasteiger charge is -2.37. The SMILES string of the molecule is N#CCOc1ccc([C@@H]2Nc3c(F)cccc3[C@@H]3C=CC[C@H]32)cc1. The molecule has 0 aromatic heterocycles. The Morgan fingerprint density at radius 2 is 2.04 bits per heavy atom. The largest absolute Gasteiger partial charge is 0.479 e. The number of hydrogen-bond donors (Lipinski definition) is 1. The standard InChI is InChI=1S/C20H17FN2O/c21-18-6-2-5-17-15-3-1-4-16(15)19(23-20(17)18)13-7-9-14(10-8-13)24-12-11-22/h1-3,5-10,15-16,19,23H,4,12H2/t15-,16-,19+/m1/s1. The normalized spacial score (nSPS) is 23.8. The summed E-state index contributed by atoms with van der Waals surface area (Å²) >= 11 is 0. The van der Waals surface area contributed by atoms with E-state index >= 15 is 0 Å². The molecule has 2 aromatic rings. The third-order valence-electron chi connectivity index (χ3n) is 4.89. The molecule has 2 aromatic carbocycles. The quantitative estimate of drug-likeness (QED) is 0.844. The number of allylic oxidation sites excluding steroid dienone is 2. The Bertz CT molecular complexity index is 823. The average Bonchev–Trinajstić information content (AvgIpc) is 3.10. The molecule has 0 radical (unpaired) electrons. The molecule has 0 fully saturated rings. The van der Waals surface area contributed by atoms with Crippen molar-refractivity contribution in [2.75, 3.05) is 11.9 Å². The molecule has 1 aliphatic carbocycles. The lowest BCUT2D eigenvalue weighted by molar-refractivity contribution is 0.367. The second kappa shape index (κ2) is 6.01. The van der Waals surface area contributed by atoms with Gasteiger partial charge in [0.1, 0.15) is 17.6 Å². The van der Waals surface area contributed by atoms with Crippen molar-refractivity contribution < 1.29 is 9.13 Å². The predicted octanol–water partition coefficient (Wildman–Crippen LogP) is 4.55. The summed E-state index contributed by atoms with van der Waals surface area (Å²) in [6.07, 6.45) is 5.36. The van der Waals surface area contributed by atoms with Gasteiger partial charge in [0.2, 0.25) is 0 Å². The van der Waals surface area contributed by atoms with Crippen LogP contribution >= 0.6 is 0 Å². The number of hydrogen-bond acceptors (Lipinski definition) is 3. The zero-order chi connectivity index (χ0) is 16.5. The fourth-order valence-corrected chi connectivity index (χ4v) is 3.80. The highest BCUT2D eigenvalue weighted by Crippen LogP contribution is 2.50. The van der Waals surface area contributed by atoms with Crippen LogP contribution in [0.25, 0.3) is 0 Å². The number of halogens is 1. The van der Waals surface area contributed by atoms with Crippen LogP contribution in [0.3, 0.4) is 0 Å². The molecule has 0 spiro atoms. The van der Waals surface area contributed by atoms with Crippen molar-refractivity contribution in [3.8, 4) is 11.8 Å². The maximum atomic E-state index is 14.3. The third-order valence-corrected chi connectivity index (χ3v) is 4.89. The van der Waals surface area contributed by atoms with Crippen molar-refractivity contribution in [2.24, 2.45) is 5.92 Å². The van der Waals surface area contributed by atoms with Gasteiger partial charge in [0.15, 0.2) is 6.61 Å². The molecular formula is C20H17FN2O. The van der Waals surface area contributed by atoms with Crippen LogP contribution in [0.5, 0.6) is 5.75 Å². The summed E-state index contributed by atoms with van der Waals surface area (Å²) in [5, 5.41) is 12.0. The number of fused-ring (bicyclic) bond motifs is 3. The third kappa shape index (κ3) is 2.43. The molecule has 4 rings (SSSR count). The van der Waals surface area contributed by atoms with Crippen molar-refractivity contribution in [1.29, 1.82) is 5.26 Å². The first-order valence-corrected chi connectivity index (χ1v) is 8.09. The van der Waals surface area contributed by atoms with Crippen LogP contribution in [0.15, 0.2) is 54.6 Å². The molecule has 0 saturated carbocycles. The number of nitrogens with zero attached hydrogens (tertiary/aromatic N) is 1. The number of benzene rings is 2. The molecule has 0 unspecified atom stereocenters. The molecule has 120 valence electrons. The second-order valence-electron chi connectivity index (χ2n) is 6.20. The highest BCUT2D eigenvalue weighted by molar-refractivity contribution is 5.60. The molecule has 0 saturated heterocycles. The molecule has 3 atom stereocenters. The maximum Gasteiger partial charge on any atom is 0.174 e. The summed E-state index contributed by atoms with van der Waals surface area (Å²) in [5.74, 6) is 1.09. The number of ether oxygens (including phenoxy) is 1. The molecule has 0 amide bonds. The van der Waals surface area contributed by atoms with Crippen LogP contribution in [0.1, 0.15) is 29.5 Å².